The Morgan fingerprint density at radius 2 is 1.93 bits per heavy atom. The second-order valence-corrected chi connectivity index (χ2v) is 11.7. The minimum absolute atomic E-state index is 0.0675. The molecule has 2 atom stereocenters. The average molecular weight is 583 g/mol. The van der Waals surface area contributed by atoms with Crippen LogP contribution < -0.4 is 10.6 Å². The largest absolute Gasteiger partial charge is 0.448 e. The van der Waals surface area contributed by atoms with Crippen molar-refractivity contribution in [2.45, 2.75) is 24.8 Å². The molecule has 2 heterocycles. The number of rotatable bonds is 9. The van der Waals surface area contributed by atoms with Crippen LogP contribution in [0.2, 0.25) is 0 Å². The Morgan fingerprint density at radius 3 is 2.61 bits per heavy atom. The van der Waals surface area contributed by atoms with Gasteiger partial charge in [-0.15, -0.1) is 4.36 Å². The number of anilines is 3. The van der Waals surface area contributed by atoms with Gasteiger partial charge in [0.05, 0.1) is 36.2 Å². The zero-order chi connectivity index (χ0) is 29.4. The SMILES string of the molecule is CCOC(=O)N=S(C)(=O)c1ccc(Nc2ncc(-c3cccc(C(=O)N4CCOCC4)c3)c(N[C@H](C)CO)n2)cc1. The third-order valence-electron chi connectivity index (χ3n) is 6.23. The van der Waals surface area contributed by atoms with Crippen LogP contribution in [0.4, 0.5) is 22.2 Å². The molecule has 12 nitrogen and oxygen atoms in total. The molecular weight excluding hydrogens is 548 g/mol. The molecule has 0 spiro atoms. The van der Waals surface area contributed by atoms with E-state index < -0.39 is 15.8 Å². The molecule has 1 fully saturated rings. The number of ether oxygens (including phenoxy) is 2. The Kier molecular flexibility index (Phi) is 9.86. The third-order valence-corrected chi connectivity index (χ3v) is 7.87. The van der Waals surface area contributed by atoms with E-state index in [1.807, 2.05) is 19.1 Å². The number of carbonyl (C=O) groups is 2. The van der Waals surface area contributed by atoms with E-state index in [4.69, 9.17) is 9.47 Å². The molecule has 0 saturated carbocycles. The minimum Gasteiger partial charge on any atom is -0.448 e. The summed E-state index contributed by atoms with van der Waals surface area (Å²) in [6, 6.07) is 13.5. The van der Waals surface area contributed by atoms with Crippen molar-refractivity contribution in [3.05, 3.63) is 60.3 Å². The van der Waals surface area contributed by atoms with Gasteiger partial charge in [0.2, 0.25) is 5.95 Å². The van der Waals surface area contributed by atoms with E-state index in [1.54, 1.807) is 54.4 Å². The summed E-state index contributed by atoms with van der Waals surface area (Å²) in [5, 5.41) is 16.0. The number of benzene rings is 2. The number of morpholine rings is 1. The zero-order valence-corrected chi connectivity index (χ0v) is 24.0. The van der Waals surface area contributed by atoms with E-state index in [-0.39, 0.29) is 31.1 Å². The first kappa shape index (κ1) is 29.9. The lowest BCUT2D eigenvalue weighted by molar-refractivity contribution is 0.0303. The highest BCUT2D eigenvalue weighted by molar-refractivity contribution is 7.93. The van der Waals surface area contributed by atoms with Crippen LogP contribution in [0.1, 0.15) is 24.2 Å². The molecule has 0 bridgehead atoms. The van der Waals surface area contributed by atoms with Crippen molar-refractivity contribution >= 4 is 39.2 Å². The van der Waals surface area contributed by atoms with Crippen molar-refractivity contribution in [1.29, 1.82) is 0 Å². The number of aliphatic hydroxyl groups excluding tert-OH is 1. The monoisotopic (exact) mass is 582 g/mol. The predicted octanol–water partition coefficient (Wildman–Crippen LogP) is 3.77. The third kappa shape index (κ3) is 7.78. The van der Waals surface area contributed by atoms with E-state index in [0.29, 0.717) is 53.8 Å². The Hall–Kier alpha value is -4.07. The molecule has 1 aromatic heterocycles. The topological polar surface area (TPSA) is 155 Å². The maximum absolute atomic E-state index is 13.1. The van der Waals surface area contributed by atoms with Crippen molar-refractivity contribution < 1.29 is 28.4 Å². The molecular formula is C28H34N6O6S. The highest BCUT2D eigenvalue weighted by atomic mass is 32.2. The van der Waals surface area contributed by atoms with Gasteiger partial charge in [0.1, 0.15) is 5.82 Å². The Balaban J connectivity index is 1.59. The molecule has 2 aromatic carbocycles. The molecule has 0 radical (unpaired) electrons. The van der Waals surface area contributed by atoms with E-state index in [9.17, 15) is 18.9 Å². The Bertz CT molecular complexity index is 1500. The molecule has 0 aliphatic carbocycles. The zero-order valence-electron chi connectivity index (χ0n) is 23.2. The van der Waals surface area contributed by atoms with E-state index in [0.717, 1.165) is 5.56 Å². The van der Waals surface area contributed by atoms with Crippen LogP contribution in [-0.2, 0) is 19.2 Å². The second kappa shape index (κ2) is 13.5. The first-order chi connectivity index (χ1) is 19.7. The number of aromatic nitrogens is 2. The fraction of sp³-hybridized carbons (Fsp3) is 0.357. The molecule has 218 valence electrons. The molecule has 1 saturated heterocycles. The van der Waals surface area contributed by atoms with Crippen molar-refractivity contribution in [1.82, 2.24) is 14.9 Å². The van der Waals surface area contributed by atoms with Crippen molar-refractivity contribution in [2.75, 3.05) is 56.4 Å². The normalized spacial score (nSPS) is 15.4. The smallest absolute Gasteiger partial charge is 0.442 e. The molecule has 3 aromatic rings. The fourth-order valence-electron chi connectivity index (χ4n) is 4.08. The van der Waals surface area contributed by atoms with E-state index >= 15 is 0 Å². The standard InChI is InChI=1S/C28H34N6O6S/c1-4-40-28(37)33-41(3,38)23-10-8-22(9-11-23)31-27-29-17-24(25(32-27)30-19(2)18-35)20-6-5-7-21(16-20)26(36)34-12-14-39-15-13-34/h5-11,16-17,19,35H,4,12-15,18H2,1-3H3,(H2,29,30,31,32)/t19-,41?/m1/s1. The van der Waals surface area contributed by atoms with Gasteiger partial charge in [0.15, 0.2) is 0 Å². The molecule has 1 unspecified atom stereocenters. The van der Waals surface area contributed by atoms with Gasteiger partial charge in [-0.25, -0.2) is 14.0 Å². The van der Waals surface area contributed by atoms with E-state index in [2.05, 4.69) is 25.0 Å². The molecule has 4 rings (SSSR count). The summed E-state index contributed by atoms with van der Waals surface area (Å²) in [6.07, 6.45) is 2.15. The van der Waals surface area contributed by atoms with E-state index in [1.165, 1.54) is 6.26 Å². The average Bonchev–Trinajstić information content (AvgIpc) is 2.97. The number of carbonyl (C=O) groups excluding carboxylic acids is 2. The summed E-state index contributed by atoms with van der Waals surface area (Å²) >= 11 is 0. The summed E-state index contributed by atoms with van der Waals surface area (Å²) in [6.45, 7) is 5.62. The Labute approximate surface area is 239 Å². The number of nitrogens with zero attached hydrogens (tertiary/aromatic N) is 4. The van der Waals surface area contributed by atoms with Crippen LogP contribution in [-0.4, -0.2) is 88.0 Å². The number of hydrogen-bond donors (Lipinski definition) is 3. The quantitative estimate of drug-likeness (QED) is 0.340. The lowest BCUT2D eigenvalue weighted by atomic mass is 10.0. The lowest BCUT2D eigenvalue weighted by Crippen LogP contribution is -2.40. The molecule has 41 heavy (non-hydrogen) atoms. The highest BCUT2D eigenvalue weighted by Gasteiger charge is 2.20. The first-order valence-corrected chi connectivity index (χ1v) is 15.1. The van der Waals surface area contributed by atoms with Crippen molar-refractivity contribution in [2.24, 2.45) is 4.36 Å². The van der Waals surface area contributed by atoms with Gasteiger partial charge in [-0.1, -0.05) is 12.1 Å². The number of aliphatic hydroxyl groups is 1. The van der Waals surface area contributed by atoms with Gasteiger partial charge in [0.25, 0.3) is 5.91 Å². The van der Waals surface area contributed by atoms with Crippen LogP contribution in [0.15, 0.2) is 64.0 Å². The minimum atomic E-state index is -2.97. The summed E-state index contributed by atoms with van der Waals surface area (Å²) < 4.78 is 26.7. The number of nitrogens with one attached hydrogen (secondary N) is 2. The van der Waals surface area contributed by atoms with Gasteiger partial charge in [-0.3, -0.25) is 4.79 Å². The fourth-order valence-corrected chi connectivity index (χ4v) is 5.16. The van der Waals surface area contributed by atoms with Crippen molar-refractivity contribution in [3.8, 4) is 11.1 Å². The summed E-state index contributed by atoms with van der Waals surface area (Å²) in [4.78, 5) is 36.0. The van der Waals surface area contributed by atoms with Crippen LogP contribution in [0, 0.1) is 0 Å². The maximum atomic E-state index is 13.1. The maximum Gasteiger partial charge on any atom is 0.442 e. The summed E-state index contributed by atoms with van der Waals surface area (Å²) in [5.74, 6) is 0.687. The highest BCUT2D eigenvalue weighted by Crippen LogP contribution is 2.29. The van der Waals surface area contributed by atoms with Gasteiger partial charge in [-0.2, -0.15) is 4.98 Å². The van der Waals surface area contributed by atoms with Gasteiger partial charge in [0, 0.05) is 53.3 Å². The molecule has 1 aliphatic heterocycles. The number of hydrogen-bond acceptors (Lipinski definition) is 10. The first-order valence-electron chi connectivity index (χ1n) is 13.2. The predicted molar refractivity (Wildman–Crippen MR) is 156 cm³/mol. The van der Waals surface area contributed by atoms with Crippen LogP contribution in [0.3, 0.4) is 0 Å². The second-order valence-electron chi connectivity index (χ2n) is 9.41. The van der Waals surface area contributed by atoms with Gasteiger partial charge < -0.3 is 30.1 Å². The Morgan fingerprint density at radius 1 is 1.20 bits per heavy atom. The van der Waals surface area contributed by atoms with Crippen LogP contribution in [0.25, 0.3) is 11.1 Å². The summed E-state index contributed by atoms with van der Waals surface area (Å²) in [7, 11) is -2.97. The number of amides is 2. The van der Waals surface area contributed by atoms with Crippen LogP contribution >= 0.6 is 0 Å². The lowest BCUT2D eigenvalue weighted by Gasteiger charge is -2.27. The molecule has 2 amide bonds. The van der Waals surface area contributed by atoms with Gasteiger partial charge in [-0.05, 0) is 55.8 Å². The van der Waals surface area contributed by atoms with Gasteiger partial charge >= 0.3 is 6.09 Å². The molecule has 13 heteroatoms. The van der Waals surface area contributed by atoms with Crippen molar-refractivity contribution in [3.63, 3.8) is 0 Å². The summed E-state index contributed by atoms with van der Waals surface area (Å²) in [5.41, 5.74) is 2.58. The molecule has 1 aliphatic rings. The molecule has 3 N–H and O–H groups in total. The van der Waals surface area contributed by atoms with Crippen LogP contribution in [0.5, 0.6) is 0 Å².